The van der Waals surface area contributed by atoms with Crippen molar-refractivity contribution >= 4 is 28.7 Å². The van der Waals surface area contributed by atoms with Gasteiger partial charge in [-0.05, 0) is 49.2 Å². The van der Waals surface area contributed by atoms with Gasteiger partial charge in [-0.3, -0.25) is 4.79 Å². The van der Waals surface area contributed by atoms with E-state index in [-0.39, 0.29) is 0 Å². The quantitative estimate of drug-likeness (QED) is 0.697. The molecule has 3 aromatic rings. The highest BCUT2D eigenvalue weighted by molar-refractivity contribution is 5.98. The zero-order valence-corrected chi connectivity index (χ0v) is 13.9. The molecule has 0 aliphatic rings. The Kier molecular flexibility index (Phi) is 4.74. The lowest BCUT2D eigenvalue weighted by Crippen LogP contribution is -2.32. The number of carbonyl (C=O) groups is 2. The fourth-order valence-electron chi connectivity index (χ4n) is 2.39. The van der Waals surface area contributed by atoms with Crippen molar-refractivity contribution in [1.29, 1.82) is 0 Å². The van der Waals surface area contributed by atoms with Gasteiger partial charge in [0.05, 0.1) is 22.9 Å². The van der Waals surface area contributed by atoms with Crippen molar-refractivity contribution in [1.82, 2.24) is 15.0 Å². The molecule has 1 amide bonds. The summed E-state index contributed by atoms with van der Waals surface area (Å²) in [4.78, 5) is 35.8. The normalized spacial score (nSPS) is 11.9. The van der Waals surface area contributed by atoms with Crippen LogP contribution in [0.2, 0.25) is 0 Å². The number of esters is 1. The molecule has 0 radical (unpaired) electrons. The predicted octanol–water partition coefficient (Wildman–Crippen LogP) is 2.84. The molecule has 7 heteroatoms. The van der Waals surface area contributed by atoms with E-state index in [9.17, 15) is 9.59 Å². The van der Waals surface area contributed by atoms with Crippen molar-refractivity contribution < 1.29 is 14.3 Å². The van der Waals surface area contributed by atoms with Gasteiger partial charge in [-0.2, -0.15) is 0 Å². The Balaban J connectivity index is 1.69. The SMILES string of the molecule is CCC(OC(=O)c1ccc2nc[nH]c2c1)C(=O)Nc1cc(C)ccn1. The minimum absolute atomic E-state index is 0.357. The van der Waals surface area contributed by atoms with Crippen LogP contribution in [0.15, 0.2) is 42.9 Å². The van der Waals surface area contributed by atoms with Crippen LogP contribution in [0.4, 0.5) is 5.82 Å². The first-order valence-electron chi connectivity index (χ1n) is 7.94. The number of nitrogens with zero attached hydrogens (tertiary/aromatic N) is 2. The molecule has 0 spiro atoms. The van der Waals surface area contributed by atoms with E-state index in [1.54, 1.807) is 43.7 Å². The third-order valence-electron chi connectivity index (χ3n) is 3.74. The van der Waals surface area contributed by atoms with Crippen molar-refractivity contribution in [3.05, 3.63) is 54.0 Å². The lowest BCUT2D eigenvalue weighted by Gasteiger charge is -2.16. The number of aromatic nitrogens is 3. The molecule has 2 aromatic heterocycles. The highest BCUT2D eigenvalue weighted by atomic mass is 16.5. The van der Waals surface area contributed by atoms with Crippen LogP contribution in [0, 0.1) is 6.92 Å². The summed E-state index contributed by atoms with van der Waals surface area (Å²) in [6, 6.07) is 8.58. The van der Waals surface area contributed by atoms with Crippen molar-refractivity contribution in [3.63, 3.8) is 0 Å². The minimum atomic E-state index is -0.896. The Morgan fingerprint density at radius 2 is 2.08 bits per heavy atom. The summed E-state index contributed by atoms with van der Waals surface area (Å²) in [5.41, 5.74) is 2.82. The average Bonchev–Trinajstić information content (AvgIpc) is 3.07. The second-order valence-electron chi connectivity index (χ2n) is 5.64. The molecule has 0 aliphatic heterocycles. The Morgan fingerprint density at radius 1 is 1.24 bits per heavy atom. The molecule has 0 aliphatic carbocycles. The van der Waals surface area contributed by atoms with Crippen LogP contribution in [-0.2, 0) is 9.53 Å². The van der Waals surface area contributed by atoms with Crippen molar-refractivity contribution in [3.8, 4) is 0 Å². The Hall–Kier alpha value is -3.22. The van der Waals surface area contributed by atoms with Crippen molar-refractivity contribution in [2.45, 2.75) is 26.4 Å². The molecule has 1 unspecified atom stereocenters. The Morgan fingerprint density at radius 3 is 2.84 bits per heavy atom. The van der Waals surface area contributed by atoms with E-state index < -0.39 is 18.0 Å². The van der Waals surface area contributed by atoms with Gasteiger partial charge in [-0.25, -0.2) is 14.8 Å². The number of ether oxygens (including phenoxy) is 1. The van der Waals surface area contributed by atoms with E-state index in [1.807, 2.05) is 13.0 Å². The lowest BCUT2D eigenvalue weighted by molar-refractivity contribution is -0.124. The van der Waals surface area contributed by atoms with Gasteiger partial charge in [-0.1, -0.05) is 6.92 Å². The molecule has 7 nitrogen and oxygen atoms in total. The number of pyridine rings is 1. The van der Waals surface area contributed by atoms with Gasteiger partial charge in [-0.15, -0.1) is 0 Å². The standard InChI is InChI=1S/C18H18N4O3/c1-3-15(17(23)22-16-8-11(2)6-7-19-16)25-18(24)12-4-5-13-14(9-12)21-10-20-13/h4-10,15H,3H2,1-2H3,(H,20,21)(H,19,22,23). The van der Waals surface area contributed by atoms with Crippen LogP contribution in [0.25, 0.3) is 11.0 Å². The molecule has 0 bridgehead atoms. The van der Waals surface area contributed by atoms with E-state index in [0.29, 0.717) is 17.8 Å². The van der Waals surface area contributed by atoms with E-state index >= 15 is 0 Å². The fourth-order valence-corrected chi connectivity index (χ4v) is 2.39. The Bertz CT molecular complexity index is 919. The number of anilines is 1. The number of aryl methyl sites for hydroxylation is 1. The average molecular weight is 338 g/mol. The van der Waals surface area contributed by atoms with Crippen molar-refractivity contribution in [2.24, 2.45) is 0 Å². The van der Waals surface area contributed by atoms with Crippen molar-refractivity contribution in [2.75, 3.05) is 5.32 Å². The number of benzene rings is 1. The maximum atomic E-state index is 12.3. The van der Waals surface area contributed by atoms with E-state index in [1.165, 1.54) is 0 Å². The number of H-pyrrole nitrogens is 1. The van der Waals surface area contributed by atoms with Gasteiger partial charge in [0, 0.05) is 6.20 Å². The van der Waals surface area contributed by atoms with Gasteiger partial charge < -0.3 is 15.0 Å². The van der Waals surface area contributed by atoms with Crippen LogP contribution in [0.5, 0.6) is 0 Å². The number of hydrogen-bond acceptors (Lipinski definition) is 5. The van der Waals surface area contributed by atoms with E-state index in [4.69, 9.17) is 4.74 Å². The van der Waals surface area contributed by atoms with Crippen LogP contribution in [0.1, 0.15) is 29.3 Å². The number of amides is 1. The number of rotatable bonds is 5. The molecule has 0 saturated carbocycles. The summed E-state index contributed by atoms with van der Waals surface area (Å²) in [5, 5.41) is 2.67. The molecule has 1 atom stereocenters. The minimum Gasteiger partial charge on any atom is -0.449 e. The summed E-state index contributed by atoms with van der Waals surface area (Å²) >= 11 is 0. The first-order chi connectivity index (χ1) is 12.1. The number of carbonyl (C=O) groups excluding carboxylic acids is 2. The van der Waals surface area contributed by atoms with Crippen LogP contribution in [-0.4, -0.2) is 32.9 Å². The third kappa shape index (κ3) is 3.82. The molecule has 2 N–H and O–H groups in total. The second-order valence-corrected chi connectivity index (χ2v) is 5.64. The molecule has 128 valence electrons. The molecular weight excluding hydrogens is 320 g/mol. The Labute approximate surface area is 144 Å². The smallest absolute Gasteiger partial charge is 0.338 e. The zero-order chi connectivity index (χ0) is 17.8. The molecule has 0 fully saturated rings. The number of hydrogen-bond donors (Lipinski definition) is 2. The van der Waals surface area contributed by atoms with Gasteiger partial charge in [0.2, 0.25) is 0 Å². The monoisotopic (exact) mass is 338 g/mol. The van der Waals surface area contributed by atoms with Gasteiger partial charge in [0.1, 0.15) is 5.82 Å². The third-order valence-corrected chi connectivity index (χ3v) is 3.74. The number of imidazole rings is 1. The summed E-state index contributed by atoms with van der Waals surface area (Å²) in [5.74, 6) is -0.536. The van der Waals surface area contributed by atoms with Crippen LogP contribution in [0.3, 0.4) is 0 Å². The molecule has 3 rings (SSSR count). The van der Waals surface area contributed by atoms with E-state index in [2.05, 4.69) is 20.3 Å². The summed E-state index contributed by atoms with van der Waals surface area (Å²) < 4.78 is 5.36. The van der Waals surface area contributed by atoms with Crippen LogP contribution >= 0.6 is 0 Å². The zero-order valence-electron chi connectivity index (χ0n) is 13.9. The van der Waals surface area contributed by atoms with Gasteiger partial charge in [0.15, 0.2) is 6.10 Å². The molecule has 25 heavy (non-hydrogen) atoms. The largest absolute Gasteiger partial charge is 0.449 e. The lowest BCUT2D eigenvalue weighted by atomic mass is 10.2. The molecule has 2 heterocycles. The summed E-state index contributed by atoms with van der Waals surface area (Å²) in [7, 11) is 0. The van der Waals surface area contributed by atoms with Gasteiger partial charge >= 0.3 is 5.97 Å². The fraction of sp³-hybridized carbons (Fsp3) is 0.222. The summed E-state index contributed by atoms with van der Waals surface area (Å²) in [6.07, 6.45) is 2.62. The van der Waals surface area contributed by atoms with Crippen LogP contribution < -0.4 is 5.32 Å². The van der Waals surface area contributed by atoms with E-state index in [0.717, 1.165) is 16.6 Å². The summed E-state index contributed by atoms with van der Waals surface area (Å²) in [6.45, 7) is 3.68. The number of fused-ring (bicyclic) bond motifs is 1. The maximum absolute atomic E-state index is 12.3. The highest BCUT2D eigenvalue weighted by Gasteiger charge is 2.22. The second kappa shape index (κ2) is 7.12. The molecule has 0 saturated heterocycles. The topological polar surface area (TPSA) is 97.0 Å². The maximum Gasteiger partial charge on any atom is 0.338 e. The first-order valence-corrected chi connectivity index (χ1v) is 7.94. The number of nitrogens with one attached hydrogen (secondary N) is 2. The first kappa shape index (κ1) is 16.6. The predicted molar refractivity (Wildman–Crippen MR) is 93.2 cm³/mol. The molecule has 1 aromatic carbocycles. The number of aromatic amines is 1. The van der Waals surface area contributed by atoms with Gasteiger partial charge in [0.25, 0.3) is 5.91 Å². The highest BCUT2D eigenvalue weighted by Crippen LogP contribution is 2.15. The molecular formula is C18H18N4O3.